The molecule has 0 aliphatic rings. The molecule has 1 atom stereocenters. The number of thiazole rings is 1. The van der Waals surface area contributed by atoms with E-state index in [4.69, 9.17) is 10.7 Å². The molecule has 0 aliphatic heterocycles. The Kier molecular flexibility index (Phi) is 4.41. The van der Waals surface area contributed by atoms with Crippen LogP contribution in [0.4, 0.5) is 5.69 Å². The van der Waals surface area contributed by atoms with E-state index in [-0.39, 0.29) is 5.92 Å². The van der Waals surface area contributed by atoms with Gasteiger partial charge in [-0.15, -0.1) is 11.3 Å². The van der Waals surface area contributed by atoms with Crippen molar-refractivity contribution in [3.63, 3.8) is 0 Å². The number of nitrogens with zero attached hydrogens (tertiary/aromatic N) is 2. The summed E-state index contributed by atoms with van der Waals surface area (Å²) >= 11 is 1.76. The first-order valence-corrected chi connectivity index (χ1v) is 8.31. The molecule has 4 heteroatoms. The van der Waals surface area contributed by atoms with E-state index in [1.165, 1.54) is 16.0 Å². The van der Waals surface area contributed by atoms with E-state index >= 15 is 0 Å². The van der Waals surface area contributed by atoms with Gasteiger partial charge in [-0.1, -0.05) is 24.3 Å². The minimum absolute atomic E-state index is 0.280. The Morgan fingerprint density at radius 2 is 1.82 bits per heavy atom. The second-order valence-electron chi connectivity index (χ2n) is 5.72. The third-order valence-electron chi connectivity index (χ3n) is 3.88. The van der Waals surface area contributed by atoms with Gasteiger partial charge in [-0.2, -0.15) is 0 Å². The van der Waals surface area contributed by atoms with Gasteiger partial charge in [0.2, 0.25) is 0 Å². The fourth-order valence-corrected chi connectivity index (χ4v) is 3.63. The predicted octanol–water partition coefficient (Wildman–Crippen LogP) is 3.65. The number of rotatable bonds is 5. The normalized spacial score (nSPS) is 12.5. The summed E-state index contributed by atoms with van der Waals surface area (Å²) in [4.78, 5) is 6.86. The molecule has 0 saturated carbocycles. The maximum atomic E-state index is 6.01. The van der Waals surface area contributed by atoms with Gasteiger partial charge in [-0.05, 0) is 36.2 Å². The lowest BCUT2D eigenvalue weighted by atomic mass is 10.00. The lowest BCUT2D eigenvalue weighted by molar-refractivity contribution is 0.690. The lowest BCUT2D eigenvalue weighted by Gasteiger charge is -2.15. The zero-order chi connectivity index (χ0) is 15.5. The lowest BCUT2D eigenvalue weighted by Crippen LogP contribution is -2.15. The largest absolute Gasteiger partial charge is 0.378 e. The highest BCUT2D eigenvalue weighted by Gasteiger charge is 2.15. The second-order valence-corrected chi connectivity index (χ2v) is 6.78. The van der Waals surface area contributed by atoms with Gasteiger partial charge in [0.25, 0.3) is 0 Å². The summed E-state index contributed by atoms with van der Waals surface area (Å²) in [5.41, 5.74) is 9.61. The van der Waals surface area contributed by atoms with Gasteiger partial charge in [-0.3, -0.25) is 0 Å². The Balaban J connectivity index is 1.81. The Bertz CT molecular complexity index is 713. The van der Waals surface area contributed by atoms with Crippen LogP contribution in [0.15, 0.2) is 48.5 Å². The first-order valence-electron chi connectivity index (χ1n) is 7.49. The molecule has 1 aromatic heterocycles. The summed E-state index contributed by atoms with van der Waals surface area (Å²) in [6.45, 7) is 0.620. The number of para-hydroxylation sites is 1. The summed E-state index contributed by atoms with van der Waals surface area (Å²) in [6, 6.07) is 17.0. The fourth-order valence-electron chi connectivity index (χ4n) is 2.55. The third-order valence-corrected chi connectivity index (χ3v) is 5.08. The van der Waals surface area contributed by atoms with Crippen LogP contribution in [0.5, 0.6) is 0 Å². The van der Waals surface area contributed by atoms with Crippen LogP contribution < -0.4 is 10.6 Å². The van der Waals surface area contributed by atoms with E-state index in [1.807, 2.05) is 6.07 Å². The molecule has 0 fully saturated rings. The SMILES string of the molecule is CN(C)c1ccc(CC(CN)c2nc3ccccc3s2)cc1. The van der Waals surface area contributed by atoms with Gasteiger partial charge >= 0.3 is 0 Å². The van der Waals surface area contributed by atoms with Crippen molar-refractivity contribution >= 4 is 27.2 Å². The Hall–Kier alpha value is -1.91. The maximum Gasteiger partial charge on any atom is 0.0985 e. The van der Waals surface area contributed by atoms with Crippen molar-refractivity contribution in [3.8, 4) is 0 Å². The molecule has 1 unspecified atom stereocenters. The standard InChI is InChI=1S/C18H21N3S/c1-21(2)15-9-7-13(8-10-15)11-14(12-19)18-20-16-5-3-4-6-17(16)22-18/h3-10,14H,11-12,19H2,1-2H3. The van der Waals surface area contributed by atoms with Crippen molar-refractivity contribution in [2.24, 2.45) is 5.73 Å². The molecule has 1 heterocycles. The van der Waals surface area contributed by atoms with E-state index in [1.54, 1.807) is 11.3 Å². The highest BCUT2D eigenvalue weighted by Crippen LogP contribution is 2.29. The number of anilines is 1. The minimum atomic E-state index is 0.280. The second kappa shape index (κ2) is 6.46. The molecule has 0 amide bonds. The number of hydrogen-bond acceptors (Lipinski definition) is 4. The van der Waals surface area contributed by atoms with Crippen LogP contribution in [0.25, 0.3) is 10.2 Å². The molecule has 3 rings (SSSR count). The Morgan fingerprint density at radius 1 is 1.09 bits per heavy atom. The van der Waals surface area contributed by atoms with Gasteiger partial charge in [0, 0.05) is 32.2 Å². The summed E-state index contributed by atoms with van der Waals surface area (Å²) < 4.78 is 1.24. The molecule has 22 heavy (non-hydrogen) atoms. The van der Waals surface area contributed by atoms with E-state index in [2.05, 4.69) is 61.5 Å². The highest BCUT2D eigenvalue weighted by atomic mass is 32.1. The molecular formula is C18H21N3S. The fraction of sp³-hybridized carbons (Fsp3) is 0.278. The summed E-state index contributed by atoms with van der Waals surface area (Å²) in [7, 11) is 4.11. The van der Waals surface area contributed by atoms with Crippen LogP contribution in [-0.2, 0) is 6.42 Å². The van der Waals surface area contributed by atoms with Crippen molar-refractivity contribution in [2.45, 2.75) is 12.3 Å². The van der Waals surface area contributed by atoms with Crippen LogP contribution in [0, 0.1) is 0 Å². The average Bonchev–Trinajstić information content (AvgIpc) is 2.96. The quantitative estimate of drug-likeness (QED) is 0.782. The molecule has 0 spiro atoms. The van der Waals surface area contributed by atoms with Crippen molar-refractivity contribution < 1.29 is 0 Å². The predicted molar refractivity (Wildman–Crippen MR) is 95.9 cm³/mol. The molecule has 0 bridgehead atoms. The zero-order valence-corrected chi connectivity index (χ0v) is 13.8. The topological polar surface area (TPSA) is 42.1 Å². The summed E-state index contributed by atoms with van der Waals surface area (Å²) in [6.07, 6.45) is 0.935. The first-order chi connectivity index (χ1) is 10.7. The van der Waals surface area contributed by atoms with E-state index < -0.39 is 0 Å². The minimum Gasteiger partial charge on any atom is -0.378 e. The average molecular weight is 311 g/mol. The number of fused-ring (bicyclic) bond motifs is 1. The molecule has 0 saturated heterocycles. The molecular weight excluding hydrogens is 290 g/mol. The molecule has 0 aliphatic carbocycles. The first kappa shape index (κ1) is 15.0. The highest BCUT2D eigenvalue weighted by molar-refractivity contribution is 7.18. The molecule has 3 aromatic rings. The number of hydrogen-bond donors (Lipinski definition) is 1. The van der Waals surface area contributed by atoms with Crippen molar-refractivity contribution in [1.82, 2.24) is 4.98 Å². The third kappa shape index (κ3) is 3.13. The van der Waals surface area contributed by atoms with Gasteiger partial charge in [0.05, 0.1) is 15.2 Å². The van der Waals surface area contributed by atoms with E-state index in [0.29, 0.717) is 6.54 Å². The maximum absolute atomic E-state index is 6.01. The number of benzene rings is 2. The molecule has 2 N–H and O–H groups in total. The zero-order valence-electron chi connectivity index (χ0n) is 13.0. The van der Waals surface area contributed by atoms with Gasteiger partial charge in [-0.25, -0.2) is 4.98 Å². The van der Waals surface area contributed by atoms with Crippen molar-refractivity contribution in [2.75, 3.05) is 25.5 Å². The smallest absolute Gasteiger partial charge is 0.0985 e. The molecule has 3 nitrogen and oxygen atoms in total. The molecule has 114 valence electrons. The van der Waals surface area contributed by atoms with Crippen LogP contribution >= 0.6 is 11.3 Å². The molecule has 2 aromatic carbocycles. The monoisotopic (exact) mass is 311 g/mol. The Labute approximate surface area is 135 Å². The van der Waals surface area contributed by atoms with Crippen LogP contribution in [0.3, 0.4) is 0 Å². The van der Waals surface area contributed by atoms with Gasteiger partial charge in [0.1, 0.15) is 0 Å². The van der Waals surface area contributed by atoms with Crippen LogP contribution in [0.1, 0.15) is 16.5 Å². The van der Waals surface area contributed by atoms with Gasteiger partial charge in [0.15, 0.2) is 0 Å². The van der Waals surface area contributed by atoms with E-state index in [9.17, 15) is 0 Å². The van der Waals surface area contributed by atoms with E-state index in [0.717, 1.165) is 16.9 Å². The van der Waals surface area contributed by atoms with Crippen LogP contribution in [-0.4, -0.2) is 25.6 Å². The van der Waals surface area contributed by atoms with Gasteiger partial charge < -0.3 is 10.6 Å². The number of aromatic nitrogens is 1. The van der Waals surface area contributed by atoms with Crippen LogP contribution in [0.2, 0.25) is 0 Å². The summed E-state index contributed by atoms with van der Waals surface area (Å²) in [5.74, 6) is 0.280. The summed E-state index contributed by atoms with van der Waals surface area (Å²) in [5, 5.41) is 1.14. The van der Waals surface area contributed by atoms with Crippen molar-refractivity contribution in [3.05, 3.63) is 59.1 Å². The molecule has 0 radical (unpaired) electrons. The van der Waals surface area contributed by atoms with Crippen molar-refractivity contribution in [1.29, 1.82) is 0 Å². The Morgan fingerprint density at radius 3 is 2.45 bits per heavy atom. The number of nitrogens with two attached hydrogens (primary N) is 1.